The summed E-state index contributed by atoms with van der Waals surface area (Å²) in [5, 5.41) is 0.887. The van der Waals surface area contributed by atoms with E-state index in [2.05, 4.69) is 6.58 Å². The Hall–Kier alpha value is -3.29. The lowest BCUT2D eigenvalue weighted by Crippen LogP contribution is -2.44. The van der Waals surface area contributed by atoms with Crippen molar-refractivity contribution in [3.63, 3.8) is 0 Å². The van der Waals surface area contributed by atoms with Crippen LogP contribution in [0.25, 0.3) is 10.9 Å². The molecule has 178 valence electrons. The summed E-state index contributed by atoms with van der Waals surface area (Å²) in [6, 6.07) is 6.87. The van der Waals surface area contributed by atoms with Gasteiger partial charge in [-0.05, 0) is 46.2 Å². The van der Waals surface area contributed by atoms with Crippen molar-refractivity contribution in [3.05, 3.63) is 42.5 Å². The smallest absolute Gasteiger partial charge is 0.411 e. The summed E-state index contributed by atoms with van der Waals surface area (Å²) < 4.78 is 22.7. The number of hydrogen-bond acceptors (Lipinski definition) is 7. The van der Waals surface area contributed by atoms with Crippen molar-refractivity contribution in [2.24, 2.45) is 0 Å². The van der Waals surface area contributed by atoms with Crippen molar-refractivity contribution in [1.29, 1.82) is 0 Å². The van der Waals surface area contributed by atoms with Crippen LogP contribution in [-0.2, 0) is 20.7 Å². The van der Waals surface area contributed by atoms with E-state index in [4.69, 9.17) is 23.9 Å². The molecule has 0 aliphatic carbocycles. The van der Waals surface area contributed by atoms with E-state index >= 15 is 0 Å². The van der Waals surface area contributed by atoms with Gasteiger partial charge in [-0.1, -0.05) is 18.2 Å². The standard InChI is InChI=1S/C25H32N2O6/c1-7-11-18-21(31-8-2)17-12-9-10-13-19(17)26-22(18)32-16-14-20(23(28)30-6)27(15-16)24(29)33-25(3,4)5/h7,9-10,12-13,16,20H,1,8,11,14-15H2,2-6H3/t16-,20+/m1/s1. The van der Waals surface area contributed by atoms with Crippen molar-refractivity contribution in [2.45, 2.75) is 58.3 Å². The maximum atomic E-state index is 12.8. The third kappa shape index (κ3) is 5.56. The highest BCUT2D eigenvalue weighted by Gasteiger charge is 2.43. The molecule has 8 nitrogen and oxygen atoms in total. The Morgan fingerprint density at radius 3 is 2.64 bits per heavy atom. The van der Waals surface area contributed by atoms with Crippen LogP contribution in [0.4, 0.5) is 4.79 Å². The molecule has 2 aromatic rings. The number of para-hydroxylation sites is 1. The zero-order valence-electron chi connectivity index (χ0n) is 19.9. The largest absolute Gasteiger partial charge is 0.493 e. The van der Waals surface area contributed by atoms with Crippen LogP contribution in [0.15, 0.2) is 36.9 Å². The van der Waals surface area contributed by atoms with Crippen LogP contribution < -0.4 is 9.47 Å². The molecule has 0 saturated carbocycles. The molecule has 0 N–H and O–H groups in total. The number of allylic oxidation sites excluding steroid dienone is 1. The summed E-state index contributed by atoms with van der Waals surface area (Å²) in [6.07, 6.45) is 1.45. The van der Waals surface area contributed by atoms with Gasteiger partial charge in [0.2, 0.25) is 5.88 Å². The van der Waals surface area contributed by atoms with Crippen molar-refractivity contribution >= 4 is 23.0 Å². The van der Waals surface area contributed by atoms with Gasteiger partial charge in [0, 0.05) is 11.8 Å². The summed E-state index contributed by atoms with van der Waals surface area (Å²) >= 11 is 0. The van der Waals surface area contributed by atoms with E-state index in [-0.39, 0.29) is 13.0 Å². The second-order valence-corrected chi connectivity index (χ2v) is 8.81. The van der Waals surface area contributed by atoms with Gasteiger partial charge in [-0.3, -0.25) is 4.90 Å². The highest BCUT2D eigenvalue weighted by Crippen LogP contribution is 2.37. The SMILES string of the molecule is C=CCc1c(O[C@@H]2C[C@@H](C(=O)OC)N(C(=O)OC(C)(C)C)C2)nc2ccccc2c1OCC. The third-order valence-corrected chi connectivity index (χ3v) is 5.18. The number of hydrogen-bond donors (Lipinski definition) is 0. The number of esters is 1. The molecule has 0 spiro atoms. The quantitative estimate of drug-likeness (QED) is 0.454. The average molecular weight is 457 g/mol. The van der Waals surface area contributed by atoms with E-state index in [9.17, 15) is 9.59 Å². The Morgan fingerprint density at radius 2 is 2.00 bits per heavy atom. The molecular formula is C25H32N2O6. The number of methoxy groups -OCH3 is 1. The molecular weight excluding hydrogens is 424 g/mol. The normalized spacial score (nSPS) is 18.2. The first kappa shape index (κ1) is 24.4. The van der Waals surface area contributed by atoms with Gasteiger partial charge >= 0.3 is 12.1 Å². The number of amides is 1. The number of nitrogens with zero attached hydrogens (tertiary/aromatic N) is 2. The molecule has 0 radical (unpaired) electrons. The minimum Gasteiger partial charge on any atom is -0.493 e. The number of likely N-dealkylation sites (tertiary alicyclic amines) is 1. The number of ether oxygens (including phenoxy) is 4. The minimum absolute atomic E-state index is 0.167. The highest BCUT2D eigenvalue weighted by molar-refractivity contribution is 5.87. The van der Waals surface area contributed by atoms with Gasteiger partial charge in [0.1, 0.15) is 23.5 Å². The third-order valence-electron chi connectivity index (χ3n) is 5.18. The summed E-state index contributed by atoms with van der Waals surface area (Å²) in [5.74, 6) is 0.584. The van der Waals surface area contributed by atoms with Gasteiger partial charge in [0.15, 0.2) is 0 Å². The molecule has 1 aromatic heterocycles. The number of pyridine rings is 1. The van der Waals surface area contributed by atoms with E-state index in [0.717, 1.165) is 16.5 Å². The molecule has 1 saturated heterocycles. The number of carbonyl (C=O) groups excluding carboxylic acids is 2. The number of aromatic nitrogens is 1. The molecule has 8 heteroatoms. The Balaban J connectivity index is 1.95. The highest BCUT2D eigenvalue weighted by atomic mass is 16.6. The first-order valence-corrected chi connectivity index (χ1v) is 11.1. The second kappa shape index (κ2) is 10.1. The molecule has 33 heavy (non-hydrogen) atoms. The summed E-state index contributed by atoms with van der Waals surface area (Å²) in [5.41, 5.74) is 0.811. The van der Waals surface area contributed by atoms with E-state index in [1.807, 2.05) is 31.2 Å². The van der Waals surface area contributed by atoms with Crippen LogP contribution in [0.5, 0.6) is 11.6 Å². The zero-order valence-corrected chi connectivity index (χ0v) is 19.9. The van der Waals surface area contributed by atoms with Crippen LogP contribution in [0.2, 0.25) is 0 Å². The molecule has 3 rings (SSSR count). The van der Waals surface area contributed by atoms with E-state index < -0.39 is 29.8 Å². The maximum Gasteiger partial charge on any atom is 0.411 e. The lowest BCUT2D eigenvalue weighted by atomic mass is 10.1. The Morgan fingerprint density at radius 1 is 1.27 bits per heavy atom. The number of carbonyl (C=O) groups is 2. The van der Waals surface area contributed by atoms with E-state index in [0.29, 0.717) is 24.7 Å². The zero-order chi connectivity index (χ0) is 24.2. The van der Waals surface area contributed by atoms with Crippen LogP contribution in [-0.4, -0.2) is 60.0 Å². The van der Waals surface area contributed by atoms with Crippen molar-refractivity contribution in [3.8, 4) is 11.6 Å². The van der Waals surface area contributed by atoms with Crippen LogP contribution in [0, 0.1) is 0 Å². The molecule has 1 amide bonds. The molecule has 2 heterocycles. The van der Waals surface area contributed by atoms with Crippen molar-refractivity contribution in [1.82, 2.24) is 9.88 Å². The first-order valence-electron chi connectivity index (χ1n) is 11.1. The van der Waals surface area contributed by atoms with Gasteiger partial charge in [0.05, 0.1) is 31.3 Å². The van der Waals surface area contributed by atoms with Crippen molar-refractivity contribution < 1.29 is 28.5 Å². The topological polar surface area (TPSA) is 87.2 Å². The number of benzene rings is 1. The lowest BCUT2D eigenvalue weighted by molar-refractivity contribution is -0.145. The van der Waals surface area contributed by atoms with Gasteiger partial charge in [-0.25, -0.2) is 14.6 Å². The van der Waals surface area contributed by atoms with Crippen molar-refractivity contribution in [2.75, 3.05) is 20.3 Å². The molecule has 1 aromatic carbocycles. The summed E-state index contributed by atoms with van der Waals surface area (Å²) in [7, 11) is 1.30. The monoisotopic (exact) mass is 456 g/mol. The number of fused-ring (bicyclic) bond motifs is 1. The van der Waals surface area contributed by atoms with E-state index in [1.165, 1.54) is 12.0 Å². The second-order valence-electron chi connectivity index (χ2n) is 8.81. The fourth-order valence-electron chi connectivity index (χ4n) is 3.85. The lowest BCUT2D eigenvalue weighted by Gasteiger charge is -2.27. The molecule has 0 unspecified atom stereocenters. The van der Waals surface area contributed by atoms with Crippen LogP contribution in [0.1, 0.15) is 39.7 Å². The predicted molar refractivity (Wildman–Crippen MR) is 125 cm³/mol. The maximum absolute atomic E-state index is 12.8. The summed E-state index contributed by atoms with van der Waals surface area (Å²) in [6.45, 7) is 11.8. The molecule has 2 atom stereocenters. The number of rotatable bonds is 7. The molecule has 1 fully saturated rings. The predicted octanol–water partition coefficient (Wildman–Crippen LogP) is 4.29. The molecule has 1 aliphatic rings. The minimum atomic E-state index is -0.801. The summed E-state index contributed by atoms with van der Waals surface area (Å²) in [4.78, 5) is 31.2. The van der Waals surface area contributed by atoms with Gasteiger partial charge < -0.3 is 18.9 Å². The molecule has 1 aliphatic heterocycles. The fourth-order valence-corrected chi connectivity index (χ4v) is 3.85. The average Bonchev–Trinajstić information content (AvgIpc) is 3.18. The van der Waals surface area contributed by atoms with E-state index in [1.54, 1.807) is 26.8 Å². The van der Waals surface area contributed by atoms with Gasteiger partial charge in [-0.15, -0.1) is 6.58 Å². The molecule has 0 bridgehead atoms. The first-order chi connectivity index (χ1) is 15.7. The van der Waals surface area contributed by atoms with Crippen LogP contribution in [0.3, 0.4) is 0 Å². The fraction of sp³-hybridized carbons (Fsp3) is 0.480. The van der Waals surface area contributed by atoms with Gasteiger partial charge in [0.25, 0.3) is 0 Å². The Kier molecular flexibility index (Phi) is 7.46. The Bertz CT molecular complexity index is 1030. The van der Waals surface area contributed by atoms with Crippen LogP contribution >= 0.6 is 0 Å². The van der Waals surface area contributed by atoms with Gasteiger partial charge in [-0.2, -0.15) is 0 Å². The Labute approximate surface area is 194 Å².